The maximum absolute atomic E-state index is 11.7. The van der Waals surface area contributed by atoms with E-state index in [0.29, 0.717) is 18.4 Å². The van der Waals surface area contributed by atoms with Crippen molar-refractivity contribution in [2.75, 3.05) is 31.2 Å². The van der Waals surface area contributed by atoms with Crippen LogP contribution in [0, 0.1) is 16.0 Å². The molecule has 1 saturated heterocycles. The van der Waals surface area contributed by atoms with E-state index in [1.54, 1.807) is 24.5 Å². The van der Waals surface area contributed by atoms with Crippen molar-refractivity contribution in [2.45, 2.75) is 31.3 Å². The lowest BCUT2D eigenvalue weighted by Crippen LogP contribution is -2.50. The summed E-state index contributed by atoms with van der Waals surface area (Å²) in [7, 11) is 0. The number of hydrogen-bond acceptors (Lipinski definition) is 7. The molecule has 0 saturated carbocycles. The lowest BCUT2D eigenvalue weighted by Gasteiger charge is -2.33. The first kappa shape index (κ1) is 23.0. The number of rotatable bonds is 9. The SMILES string of the molecule is CC1(COc2ccc(N3CCC(COc4ccc(CCl)cc4)CC3)cc2[N+](=O)[O-])NC=CN1. The summed E-state index contributed by atoms with van der Waals surface area (Å²) in [5, 5.41) is 18.0. The highest BCUT2D eigenvalue weighted by Crippen LogP contribution is 2.34. The summed E-state index contributed by atoms with van der Waals surface area (Å²) in [6.07, 6.45) is 5.50. The van der Waals surface area contributed by atoms with Gasteiger partial charge in [-0.2, -0.15) is 0 Å². The van der Waals surface area contributed by atoms with Crippen LogP contribution in [0.15, 0.2) is 54.9 Å². The molecule has 0 bridgehead atoms. The molecule has 2 aliphatic rings. The van der Waals surface area contributed by atoms with E-state index in [1.165, 1.54) is 0 Å². The van der Waals surface area contributed by atoms with Gasteiger partial charge in [0.25, 0.3) is 0 Å². The van der Waals surface area contributed by atoms with Gasteiger partial charge in [-0.25, -0.2) is 0 Å². The Kier molecular flexibility index (Phi) is 7.13. The number of benzene rings is 2. The van der Waals surface area contributed by atoms with E-state index in [0.717, 1.165) is 42.9 Å². The van der Waals surface area contributed by atoms with Crippen molar-refractivity contribution in [1.29, 1.82) is 0 Å². The molecule has 1 fully saturated rings. The first-order valence-electron chi connectivity index (χ1n) is 11.1. The summed E-state index contributed by atoms with van der Waals surface area (Å²) in [5.74, 6) is 2.07. The molecule has 0 atom stereocenters. The minimum absolute atomic E-state index is 0.0205. The van der Waals surface area contributed by atoms with Crippen LogP contribution in [0.5, 0.6) is 11.5 Å². The number of halogens is 1. The van der Waals surface area contributed by atoms with Crippen molar-refractivity contribution in [3.8, 4) is 11.5 Å². The zero-order valence-corrected chi connectivity index (χ0v) is 19.4. The number of nitro benzene ring substituents is 1. The average Bonchev–Trinajstić information content (AvgIpc) is 3.28. The van der Waals surface area contributed by atoms with Gasteiger partial charge in [-0.15, -0.1) is 11.6 Å². The Hall–Kier alpha value is -3.13. The molecule has 0 spiro atoms. The van der Waals surface area contributed by atoms with E-state index in [-0.39, 0.29) is 23.0 Å². The number of piperidine rings is 1. The Labute approximate surface area is 198 Å². The number of ether oxygens (including phenoxy) is 2. The molecule has 2 aromatic rings. The lowest BCUT2D eigenvalue weighted by molar-refractivity contribution is -0.385. The molecule has 2 aliphatic heterocycles. The quantitative estimate of drug-likeness (QED) is 0.318. The lowest BCUT2D eigenvalue weighted by atomic mass is 9.97. The Balaban J connectivity index is 1.31. The third-order valence-corrected chi connectivity index (χ3v) is 6.39. The van der Waals surface area contributed by atoms with E-state index in [1.807, 2.05) is 37.3 Å². The van der Waals surface area contributed by atoms with Crippen LogP contribution in [0.3, 0.4) is 0 Å². The monoisotopic (exact) mass is 472 g/mol. The van der Waals surface area contributed by atoms with E-state index in [4.69, 9.17) is 21.1 Å². The summed E-state index contributed by atoms with van der Waals surface area (Å²) in [6.45, 7) is 4.50. The molecular formula is C24H29ClN4O4. The predicted molar refractivity (Wildman–Crippen MR) is 129 cm³/mol. The van der Waals surface area contributed by atoms with Crippen LogP contribution in [0.1, 0.15) is 25.3 Å². The van der Waals surface area contributed by atoms with Crippen LogP contribution in [0.4, 0.5) is 11.4 Å². The molecule has 0 aliphatic carbocycles. The molecule has 33 heavy (non-hydrogen) atoms. The molecule has 176 valence electrons. The number of hydrogen-bond donors (Lipinski definition) is 2. The summed E-state index contributed by atoms with van der Waals surface area (Å²) in [5.41, 5.74) is 1.41. The largest absolute Gasteiger partial charge is 0.493 e. The van der Waals surface area contributed by atoms with Crippen LogP contribution in [0.25, 0.3) is 0 Å². The highest BCUT2D eigenvalue weighted by Gasteiger charge is 2.28. The van der Waals surface area contributed by atoms with Gasteiger partial charge in [0.05, 0.1) is 11.5 Å². The first-order chi connectivity index (χ1) is 16.0. The fraction of sp³-hybridized carbons (Fsp3) is 0.417. The van der Waals surface area contributed by atoms with Gasteiger partial charge in [0.2, 0.25) is 0 Å². The molecule has 8 nitrogen and oxygen atoms in total. The fourth-order valence-corrected chi connectivity index (χ4v) is 4.19. The Morgan fingerprint density at radius 2 is 1.82 bits per heavy atom. The number of alkyl halides is 1. The highest BCUT2D eigenvalue weighted by molar-refractivity contribution is 6.17. The van der Waals surface area contributed by atoms with Crippen molar-refractivity contribution in [3.05, 3.63) is 70.5 Å². The van der Waals surface area contributed by atoms with Gasteiger partial charge < -0.3 is 25.0 Å². The van der Waals surface area contributed by atoms with Gasteiger partial charge in [-0.05, 0) is 55.5 Å². The highest BCUT2D eigenvalue weighted by atomic mass is 35.5. The first-order valence-corrected chi connectivity index (χ1v) is 11.6. The number of anilines is 1. The van der Waals surface area contributed by atoms with E-state index in [9.17, 15) is 10.1 Å². The van der Waals surface area contributed by atoms with E-state index < -0.39 is 5.66 Å². The standard InChI is InChI=1S/C24H29ClN4O4/c1-24(26-10-11-27-24)17-33-23-7-4-20(14-22(23)29(30)31)28-12-8-19(9-13-28)16-32-21-5-2-18(15-25)3-6-21/h2-7,10-11,14,19,26-27H,8-9,12-13,15-17H2,1H3. The Bertz CT molecular complexity index is 982. The maximum atomic E-state index is 11.7. The molecule has 0 radical (unpaired) electrons. The van der Waals surface area contributed by atoms with E-state index in [2.05, 4.69) is 15.5 Å². The Morgan fingerprint density at radius 3 is 2.45 bits per heavy atom. The molecular weight excluding hydrogens is 444 g/mol. The van der Waals surface area contributed by atoms with Crippen LogP contribution in [-0.2, 0) is 5.88 Å². The second kappa shape index (κ2) is 10.2. The van der Waals surface area contributed by atoms with Gasteiger partial charge in [0.1, 0.15) is 18.0 Å². The number of nitro groups is 1. The zero-order chi connectivity index (χ0) is 23.3. The van der Waals surface area contributed by atoms with Crippen LogP contribution in [0.2, 0.25) is 0 Å². The third kappa shape index (κ3) is 5.82. The summed E-state index contributed by atoms with van der Waals surface area (Å²) >= 11 is 5.83. The average molecular weight is 473 g/mol. The van der Waals surface area contributed by atoms with Crippen molar-refractivity contribution in [2.24, 2.45) is 5.92 Å². The maximum Gasteiger partial charge on any atom is 0.312 e. The molecule has 0 unspecified atom stereocenters. The number of nitrogens with one attached hydrogen (secondary N) is 2. The van der Waals surface area contributed by atoms with Crippen LogP contribution < -0.4 is 25.0 Å². The topological polar surface area (TPSA) is 88.9 Å². The summed E-state index contributed by atoms with van der Waals surface area (Å²) in [6, 6.07) is 13.1. The van der Waals surface area contributed by atoms with Crippen molar-refractivity contribution in [3.63, 3.8) is 0 Å². The van der Waals surface area contributed by atoms with E-state index >= 15 is 0 Å². The fourth-order valence-electron chi connectivity index (χ4n) is 4.01. The normalized spacial score (nSPS) is 17.3. The zero-order valence-electron chi connectivity index (χ0n) is 18.6. The molecule has 2 aromatic carbocycles. The second-order valence-corrected chi connectivity index (χ2v) is 8.94. The van der Waals surface area contributed by atoms with Gasteiger partial charge >= 0.3 is 5.69 Å². The molecule has 0 amide bonds. The minimum Gasteiger partial charge on any atom is -0.493 e. The predicted octanol–water partition coefficient (Wildman–Crippen LogP) is 4.39. The van der Waals surface area contributed by atoms with Crippen molar-refractivity contribution in [1.82, 2.24) is 10.6 Å². The molecule has 2 N–H and O–H groups in total. The van der Waals surface area contributed by atoms with Gasteiger partial charge in [-0.3, -0.25) is 10.1 Å². The minimum atomic E-state index is -0.483. The van der Waals surface area contributed by atoms with Gasteiger partial charge in [0.15, 0.2) is 5.75 Å². The molecule has 9 heteroatoms. The van der Waals surface area contributed by atoms with Gasteiger partial charge in [-0.1, -0.05) is 12.1 Å². The molecule has 2 heterocycles. The Morgan fingerprint density at radius 1 is 1.12 bits per heavy atom. The van der Waals surface area contributed by atoms with Crippen LogP contribution in [-0.4, -0.2) is 36.9 Å². The van der Waals surface area contributed by atoms with Crippen molar-refractivity contribution >= 4 is 23.0 Å². The summed E-state index contributed by atoms with van der Waals surface area (Å²) in [4.78, 5) is 13.5. The number of nitrogens with zero attached hydrogens (tertiary/aromatic N) is 2. The molecule has 4 rings (SSSR count). The smallest absolute Gasteiger partial charge is 0.312 e. The van der Waals surface area contributed by atoms with Crippen LogP contribution >= 0.6 is 11.6 Å². The second-order valence-electron chi connectivity index (χ2n) is 8.67. The molecule has 0 aromatic heterocycles. The van der Waals surface area contributed by atoms with Gasteiger partial charge in [0, 0.05) is 43.1 Å². The summed E-state index contributed by atoms with van der Waals surface area (Å²) < 4.78 is 11.7. The van der Waals surface area contributed by atoms with Crippen molar-refractivity contribution < 1.29 is 14.4 Å². The third-order valence-electron chi connectivity index (χ3n) is 6.09.